The summed E-state index contributed by atoms with van der Waals surface area (Å²) < 4.78 is 0. The number of pyridine rings is 1. The third-order valence-corrected chi connectivity index (χ3v) is 3.80. The molecule has 1 saturated heterocycles. The summed E-state index contributed by atoms with van der Waals surface area (Å²) in [6.45, 7) is 5.03. The van der Waals surface area contributed by atoms with E-state index in [1.165, 1.54) is 6.07 Å². The average Bonchev–Trinajstić information content (AvgIpc) is 2.84. The van der Waals surface area contributed by atoms with Crippen LogP contribution in [0.5, 0.6) is 0 Å². The number of aromatic nitrogens is 1. The van der Waals surface area contributed by atoms with Crippen LogP contribution in [0.4, 0.5) is 0 Å². The molecule has 1 atom stereocenters. The standard InChI is InChI=1S/C15H21N3O3/c1-9(2)12-6-11(7-14(20)17-12)15(21)18-4-3-10(8-18)5-13(16)19/h6-7,9-10H,3-5,8H2,1-2H3,(H2,16,19)(H,17,20). The van der Waals surface area contributed by atoms with E-state index in [1.54, 1.807) is 11.0 Å². The van der Waals surface area contributed by atoms with Crippen molar-refractivity contribution in [3.05, 3.63) is 33.7 Å². The minimum atomic E-state index is -0.340. The third kappa shape index (κ3) is 3.71. The number of hydrogen-bond acceptors (Lipinski definition) is 3. The molecule has 1 aromatic heterocycles. The van der Waals surface area contributed by atoms with Gasteiger partial charge in [0.05, 0.1) is 0 Å². The molecule has 2 heterocycles. The number of nitrogens with one attached hydrogen (secondary N) is 1. The van der Waals surface area contributed by atoms with Gasteiger partial charge in [-0.1, -0.05) is 13.8 Å². The zero-order valence-electron chi connectivity index (χ0n) is 12.4. The minimum Gasteiger partial charge on any atom is -0.370 e. The molecule has 1 aliphatic rings. The number of nitrogens with two attached hydrogens (primary N) is 1. The highest BCUT2D eigenvalue weighted by Crippen LogP contribution is 2.21. The molecule has 3 N–H and O–H groups in total. The van der Waals surface area contributed by atoms with Gasteiger partial charge < -0.3 is 15.6 Å². The van der Waals surface area contributed by atoms with E-state index >= 15 is 0 Å². The van der Waals surface area contributed by atoms with Crippen LogP contribution in [0.3, 0.4) is 0 Å². The summed E-state index contributed by atoms with van der Waals surface area (Å²) in [7, 11) is 0. The predicted octanol–water partition coefficient (Wildman–Crippen LogP) is 0.836. The number of nitrogens with zero attached hydrogens (tertiary/aromatic N) is 1. The van der Waals surface area contributed by atoms with Crippen LogP contribution in [0.25, 0.3) is 0 Å². The van der Waals surface area contributed by atoms with Gasteiger partial charge in [-0.25, -0.2) is 0 Å². The van der Waals surface area contributed by atoms with Gasteiger partial charge >= 0.3 is 0 Å². The molecule has 0 spiro atoms. The van der Waals surface area contributed by atoms with Gasteiger partial charge in [0.25, 0.3) is 5.91 Å². The molecular weight excluding hydrogens is 270 g/mol. The first kappa shape index (κ1) is 15.3. The van der Waals surface area contributed by atoms with Crippen molar-refractivity contribution in [3.8, 4) is 0 Å². The summed E-state index contributed by atoms with van der Waals surface area (Å²) >= 11 is 0. The molecule has 6 nitrogen and oxygen atoms in total. The van der Waals surface area contributed by atoms with E-state index in [4.69, 9.17) is 5.73 Å². The van der Waals surface area contributed by atoms with Crippen molar-refractivity contribution in [2.24, 2.45) is 11.7 Å². The molecule has 21 heavy (non-hydrogen) atoms. The lowest BCUT2D eigenvalue weighted by molar-refractivity contribution is -0.118. The van der Waals surface area contributed by atoms with Crippen LogP contribution in [-0.4, -0.2) is 34.8 Å². The fraction of sp³-hybridized carbons (Fsp3) is 0.533. The van der Waals surface area contributed by atoms with Crippen LogP contribution >= 0.6 is 0 Å². The highest BCUT2D eigenvalue weighted by Gasteiger charge is 2.28. The predicted molar refractivity (Wildman–Crippen MR) is 79.0 cm³/mol. The Kier molecular flexibility index (Phi) is 4.45. The molecule has 1 unspecified atom stereocenters. The van der Waals surface area contributed by atoms with E-state index in [1.807, 2.05) is 13.8 Å². The smallest absolute Gasteiger partial charge is 0.254 e. The molecule has 6 heteroatoms. The lowest BCUT2D eigenvalue weighted by Gasteiger charge is -2.17. The van der Waals surface area contributed by atoms with Gasteiger partial charge in [0, 0.05) is 36.8 Å². The Morgan fingerprint density at radius 1 is 1.43 bits per heavy atom. The summed E-state index contributed by atoms with van der Waals surface area (Å²) in [4.78, 5) is 39.5. The zero-order chi connectivity index (χ0) is 15.6. The first-order valence-corrected chi connectivity index (χ1v) is 7.18. The average molecular weight is 291 g/mol. The number of aromatic amines is 1. The van der Waals surface area contributed by atoms with Gasteiger partial charge in [-0.15, -0.1) is 0 Å². The third-order valence-electron chi connectivity index (χ3n) is 3.80. The molecule has 114 valence electrons. The summed E-state index contributed by atoms with van der Waals surface area (Å²) in [6.07, 6.45) is 1.07. The van der Waals surface area contributed by atoms with E-state index < -0.39 is 0 Å². The molecule has 2 rings (SSSR count). The maximum absolute atomic E-state index is 12.5. The summed E-state index contributed by atoms with van der Waals surface area (Å²) in [5.74, 6) is -0.229. The molecule has 1 aromatic rings. The number of carbonyl (C=O) groups excluding carboxylic acids is 2. The van der Waals surface area contributed by atoms with Crippen molar-refractivity contribution in [2.75, 3.05) is 13.1 Å². The first-order chi connectivity index (χ1) is 9.86. The second-order valence-corrected chi connectivity index (χ2v) is 5.92. The topological polar surface area (TPSA) is 96.3 Å². The molecule has 0 radical (unpaired) electrons. The van der Waals surface area contributed by atoms with Crippen molar-refractivity contribution in [2.45, 2.75) is 32.6 Å². The van der Waals surface area contributed by atoms with Crippen molar-refractivity contribution in [3.63, 3.8) is 0 Å². The Bertz CT molecular complexity index is 606. The number of hydrogen-bond donors (Lipinski definition) is 2. The van der Waals surface area contributed by atoms with Gasteiger partial charge in [0.2, 0.25) is 11.5 Å². The van der Waals surface area contributed by atoms with E-state index in [0.29, 0.717) is 25.1 Å². The molecule has 2 amide bonds. The number of H-pyrrole nitrogens is 1. The molecule has 0 saturated carbocycles. The van der Waals surface area contributed by atoms with Crippen LogP contribution in [0.2, 0.25) is 0 Å². The highest BCUT2D eigenvalue weighted by molar-refractivity contribution is 5.94. The van der Waals surface area contributed by atoms with Crippen LogP contribution in [0.15, 0.2) is 16.9 Å². The summed E-state index contributed by atoms with van der Waals surface area (Å²) in [5.41, 5.74) is 6.08. The van der Waals surface area contributed by atoms with Gasteiger partial charge in [0.15, 0.2) is 0 Å². The lowest BCUT2D eigenvalue weighted by Crippen LogP contribution is -2.30. The van der Waals surface area contributed by atoms with Crippen LogP contribution in [0.1, 0.15) is 48.7 Å². The maximum atomic E-state index is 12.5. The highest BCUT2D eigenvalue weighted by atomic mass is 16.2. The van der Waals surface area contributed by atoms with Crippen LogP contribution < -0.4 is 11.3 Å². The Morgan fingerprint density at radius 3 is 2.76 bits per heavy atom. The monoisotopic (exact) mass is 291 g/mol. The zero-order valence-corrected chi connectivity index (χ0v) is 12.4. The van der Waals surface area contributed by atoms with Crippen LogP contribution in [-0.2, 0) is 4.79 Å². The Hall–Kier alpha value is -2.11. The molecule has 1 aliphatic heterocycles. The molecule has 0 aliphatic carbocycles. The molecular formula is C15H21N3O3. The van der Waals surface area contributed by atoms with Crippen molar-refractivity contribution >= 4 is 11.8 Å². The SMILES string of the molecule is CC(C)c1cc(C(=O)N2CCC(CC(N)=O)C2)cc(=O)[nH]1. The molecule has 0 aromatic carbocycles. The quantitative estimate of drug-likeness (QED) is 0.860. The van der Waals surface area contributed by atoms with E-state index in [0.717, 1.165) is 12.1 Å². The summed E-state index contributed by atoms with van der Waals surface area (Å²) in [5, 5.41) is 0. The second-order valence-electron chi connectivity index (χ2n) is 5.92. The van der Waals surface area contributed by atoms with Gasteiger partial charge in [-0.2, -0.15) is 0 Å². The van der Waals surface area contributed by atoms with Gasteiger partial charge in [0.1, 0.15) is 0 Å². The largest absolute Gasteiger partial charge is 0.370 e. The molecule has 1 fully saturated rings. The Balaban J connectivity index is 2.14. The second kappa shape index (κ2) is 6.11. The fourth-order valence-electron chi connectivity index (χ4n) is 2.65. The van der Waals surface area contributed by atoms with Gasteiger partial charge in [-0.3, -0.25) is 14.4 Å². The molecule has 0 bridgehead atoms. The van der Waals surface area contributed by atoms with Crippen molar-refractivity contribution in [1.29, 1.82) is 0 Å². The number of likely N-dealkylation sites (tertiary alicyclic amines) is 1. The van der Waals surface area contributed by atoms with E-state index in [2.05, 4.69) is 4.98 Å². The van der Waals surface area contributed by atoms with Crippen molar-refractivity contribution < 1.29 is 9.59 Å². The normalized spacial score (nSPS) is 18.2. The number of primary amides is 1. The number of amides is 2. The van der Waals surface area contributed by atoms with Crippen molar-refractivity contribution in [1.82, 2.24) is 9.88 Å². The fourth-order valence-corrected chi connectivity index (χ4v) is 2.65. The number of rotatable bonds is 4. The Labute approximate surface area is 123 Å². The summed E-state index contributed by atoms with van der Waals surface area (Å²) in [6, 6.07) is 3.06. The first-order valence-electron chi connectivity index (χ1n) is 7.18. The Morgan fingerprint density at radius 2 is 2.14 bits per heavy atom. The lowest BCUT2D eigenvalue weighted by atomic mass is 10.1. The van der Waals surface area contributed by atoms with E-state index in [-0.39, 0.29) is 29.2 Å². The minimum absolute atomic E-state index is 0.123. The van der Waals surface area contributed by atoms with Crippen LogP contribution in [0, 0.1) is 5.92 Å². The maximum Gasteiger partial charge on any atom is 0.254 e. The van der Waals surface area contributed by atoms with Gasteiger partial charge in [-0.05, 0) is 24.3 Å². The van der Waals surface area contributed by atoms with E-state index in [9.17, 15) is 14.4 Å². The number of carbonyl (C=O) groups is 2.